The van der Waals surface area contributed by atoms with Crippen LogP contribution in [0.2, 0.25) is 0 Å². The lowest BCUT2D eigenvalue weighted by Gasteiger charge is -2.30. The zero-order valence-electron chi connectivity index (χ0n) is 14.7. The molecule has 2 aliphatic rings. The van der Waals surface area contributed by atoms with E-state index in [-0.39, 0.29) is 29.9 Å². The van der Waals surface area contributed by atoms with Gasteiger partial charge < -0.3 is 20.4 Å². The normalized spacial score (nSPS) is 25.9. The maximum Gasteiger partial charge on any atom is 0.222 e. The maximum atomic E-state index is 11.7. The molecule has 0 saturated carbocycles. The Balaban J connectivity index is 0.00000264. The predicted molar refractivity (Wildman–Crippen MR) is 105 cm³/mol. The first-order valence-electron chi connectivity index (χ1n) is 8.55. The Labute approximate surface area is 157 Å². The molecule has 0 aliphatic carbocycles. The number of guanidine groups is 1. The van der Waals surface area contributed by atoms with Gasteiger partial charge in [-0.15, -0.1) is 24.0 Å². The molecule has 6 nitrogen and oxygen atoms in total. The number of carbonyl (C=O) groups is 1. The molecule has 2 saturated heterocycles. The third kappa shape index (κ3) is 6.45. The average Bonchev–Trinajstić information content (AvgIpc) is 2.99. The average molecular weight is 437 g/mol. The fourth-order valence-electron chi connectivity index (χ4n) is 3.40. The van der Waals surface area contributed by atoms with Crippen LogP contribution in [0.4, 0.5) is 0 Å². The number of hydrogen-bond acceptors (Lipinski definition) is 3. The molecule has 0 spiro atoms. The SMILES string of the molecule is CCC(=O)N1CCC(NC(=NC)NCC2CCCN(C)C2)C1.I. The molecule has 0 aromatic heterocycles. The summed E-state index contributed by atoms with van der Waals surface area (Å²) in [6.45, 7) is 6.91. The van der Waals surface area contributed by atoms with Crippen LogP contribution >= 0.6 is 24.0 Å². The maximum absolute atomic E-state index is 11.7. The van der Waals surface area contributed by atoms with Crippen molar-refractivity contribution in [3.8, 4) is 0 Å². The van der Waals surface area contributed by atoms with Crippen LogP contribution < -0.4 is 10.6 Å². The third-order valence-electron chi connectivity index (χ3n) is 4.69. The number of halogens is 1. The van der Waals surface area contributed by atoms with Crippen LogP contribution in [0.15, 0.2) is 4.99 Å². The zero-order valence-corrected chi connectivity index (χ0v) is 17.0. The molecule has 2 atom stereocenters. The molecule has 7 heteroatoms. The highest BCUT2D eigenvalue weighted by Gasteiger charge is 2.26. The summed E-state index contributed by atoms with van der Waals surface area (Å²) >= 11 is 0. The minimum absolute atomic E-state index is 0. The molecule has 0 radical (unpaired) electrons. The van der Waals surface area contributed by atoms with E-state index in [9.17, 15) is 4.79 Å². The number of amides is 1. The summed E-state index contributed by atoms with van der Waals surface area (Å²) in [5.74, 6) is 1.81. The lowest BCUT2D eigenvalue weighted by atomic mass is 9.99. The number of rotatable bonds is 4. The standard InChI is InChI=1S/C16H31N5O.HI/c1-4-15(22)21-9-7-14(12-21)19-16(17-2)18-10-13-6-5-8-20(3)11-13;/h13-14H,4-12H2,1-3H3,(H2,17,18,19);1H. The van der Waals surface area contributed by atoms with Crippen molar-refractivity contribution >= 4 is 35.8 Å². The van der Waals surface area contributed by atoms with Gasteiger partial charge in [0.15, 0.2) is 5.96 Å². The molecule has 2 N–H and O–H groups in total. The molecule has 0 aromatic carbocycles. The van der Waals surface area contributed by atoms with E-state index in [1.807, 2.05) is 18.9 Å². The summed E-state index contributed by atoms with van der Waals surface area (Å²) < 4.78 is 0. The third-order valence-corrected chi connectivity index (χ3v) is 4.69. The van der Waals surface area contributed by atoms with Crippen LogP contribution in [0.3, 0.4) is 0 Å². The number of aliphatic imine (C=N–C) groups is 1. The van der Waals surface area contributed by atoms with Gasteiger partial charge in [0.05, 0.1) is 0 Å². The fourth-order valence-corrected chi connectivity index (χ4v) is 3.40. The monoisotopic (exact) mass is 437 g/mol. The second-order valence-electron chi connectivity index (χ2n) is 6.55. The topological polar surface area (TPSA) is 60.0 Å². The van der Waals surface area contributed by atoms with Crippen LogP contribution in [-0.4, -0.2) is 74.5 Å². The van der Waals surface area contributed by atoms with Gasteiger partial charge in [-0.25, -0.2) is 0 Å². The second kappa shape index (κ2) is 10.3. The van der Waals surface area contributed by atoms with E-state index >= 15 is 0 Å². The first-order chi connectivity index (χ1) is 10.6. The van der Waals surface area contributed by atoms with Crippen molar-refractivity contribution in [1.82, 2.24) is 20.4 Å². The summed E-state index contributed by atoms with van der Waals surface area (Å²) in [5, 5.41) is 6.91. The van der Waals surface area contributed by atoms with Gasteiger partial charge in [-0.2, -0.15) is 0 Å². The van der Waals surface area contributed by atoms with Crippen molar-refractivity contribution in [2.24, 2.45) is 10.9 Å². The van der Waals surface area contributed by atoms with Gasteiger partial charge in [0.2, 0.25) is 5.91 Å². The quantitative estimate of drug-likeness (QED) is 0.393. The Morgan fingerprint density at radius 2 is 2.04 bits per heavy atom. The van der Waals surface area contributed by atoms with E-state index in [2.05, 4.69) is 27.6 Å². The van der Waals surface area contributed by atoms with Crippen LogP contribution in [0.1, 0.15) is 32.6 Å². The summed E-state index contributed by atoms with van der Waals surface area (Å²) in [6, 6.07) is 0.315. The van der Waals surface area contributed by atoms with Gasteiger partial charge >= 0.3 is 0 Å². The molecule has 2 fully saturated rings. The smallest absolute Gasteiger partial charge is 0.222 e. The minimum Gasteiger partial charge on any atom is -0.356 e. The Morgan fingerprint density at radius 1 is 1.26 bits per heavy atom. The Bertz CT molecular complexity index is 404. The van der Waals surface area contributed by atoms with Gasteiger partial charge in [-0.3, -0.25) is 9.79 Å². The largest absolute Gasteiger partial charge is 0.356 e. The van der Waals surface area contributed by atoms with Gasteiger partial charge in [-0.1, -0.05) is 6.92 Å². The van der Waals surface area contributed by atoms with Gasteiger partial charge in [-0.05, 0) is 38.8 Å². The fraction of sp³-hybridized carbons (Fsp3) is 0.875. The van der Waals surface area contributed by atoms with Gasteiger partial charge in [0, 0.05) is 45.7 Å². The van der Waals surface area contributed by atoms with Crippen LogP contribution in [0.5, 0.6) is 0 Å². The Morgan fingerprint density at radius 3 is 2.70 bits per heavy atom. The van der Waals surface area contributed by atoms with E-state index in [0.29, 0.717) is 18.4 Å². The number of carbonyl (C=O) groups excluding carboxylic acids is 1. The van der Waals surface area contributed by atoms with Crippen molar-refractivity contribution in [3.05, 3.63) is 0 Å². The van der Waals surface area contributed by atoms with Crippen LogP contribution in [-0.2, 0) is 4.79 Å². The summed E-state index contributed by atoms with van der Waals surface area (Å²) in [4.78, 5) is 20.4. The van der Waals surface area contributed by atoms with E-state index in [0.717, 1.165) is 38.6 Å². The number of nitrogens with one attached hydrogen (secondary N) is 2. The first-order valence-corrected chi connectivity index (χ1v) is 8.55. The van der Waals surface area contributed by atoms with E-state index in [4.69, 9.17) is 0 Å². The molecular formula is C16H32IN5O. The van der Waals surface area contributed by atoms with Crippen molar-refractivity contribution in [1.29, 1.82) is 0 Å². The minimum atomic E-state index is 0. The molecule has 0 bridgehead atoms. The number of hydrogen-bond donors (Lipinski definition) is 2. The van der Waals surface area contributed by atoms with E-state index < -0.39 is 0 Å². The summed E-state index contributed by atoms with van der Waals surface area (Å²) in [7, 11) is 4.00. The highest BCUT2D eigenvalue weighted by atomic mass is 127. The molecule has 23 heavy (non-hydrogen) atoms. The molecule has 0 aromatic rings. The summed E-state index contributed by atoms with van der Waals surface area (Å²) in [6.07, 6.45) is 4.16. The first kappa shape index (κ1) is 20.5. The molecule has 2 rings (SSSR count). The Hall–Kier alpha value is -0.570. The number of piperidine rings is 1. The van der Waals surface area contributed by atoms with Gasteiger partial charge in [0.25, 0.3) is 0 Å². The van der Waals surface area contributed by atoms with Crippen molar-refractivity contribution in [2.75, 3.05) is 46.8 Å². The molecule has 2 unspecified atom stereocenters. The van der Waals surface area contributed by atoms with Crippen LogP contribution in [0.25, 0.3) is 0 Å². The number of likely N-dealkylation sites (tertiary alicyclic amines) is 2. The molecule has 2 heterocycles. The highest BCUT2D eigenvalue weighted by molar-refractivity contribution is 14.0. The number of nitrogens with zero attached hydrogens (tertiary/aromatic N) is 3. The highest BCUT2D eigenvalue weighted by Crippen LogP contribution is 2.14. The van der Waals surface area contributed by atoms with Crippen LogP contribution in [0, 0.1) is 5.92 Å². The Kier molecular flexibility index (Phi) is 9.19. The second-order valence-corrected chi connectivity index (χ2v) is 6.55. The zero-order chi connectivity index (χ0) is 15.9. The van der Waals surface area contributed by atoms with E-state index in [1.54, 1.807) is 0 Å². The molecule has 134 valence electrons. The molecule has 2 aliphatic heterocycles. The van der Waals surface area contributed by atoms with Crippen molar-refractivity contribution < 1.29 is 4.79 Å². The molecular weight excluding hydrogens is 405 g/mol. The molecule has 1 amide bonds. The van der Waals surface area contributed by atoms with Crippen molar-refractivity contribution in [2.45, 2.75) is 38.6 Å². The lowest BCUT2D eigenvalue weighted by molar-refractivity contribution is -0.129. The van der Waals surface area contributed by atoms with Crippen molar-refractivity contribution in [3.63, 3.8) is 0 Å². The lowest BCUT2D eigenvalue weighted by Crippen LogP contribution is -2.47. The summed E-state index contributed by atoms with van der Waals surface area (Å²) in [5.41, 5.74) is 0. The van der Waals surface area contributed by atoms with Gasteiger partial charge in [0.1, 0.15) is 0 Å². The van der Waals surface area contributed by atoms with E-state index in [1.165, 1.54) is 19.4 Å². The predicted octanol–water partition coefficient (Wildman–Crippen LogP) is 1.12.